The monoisotopic (exact) mass is 300 g/mol. The first-order valence-corrected chi connectivity index (χ1v) is 6.09. The highest BCUT2D eigenvalue weighted by Crippen LogP contribution is 2.23. The van der Waals surface area contributed by atoms with Gasteiger partial charge in [-0.2, -0.15) is 0 Å². The molecule has 0 heterocycles. The molecule has 8 heteroatoms. The van der Waals surface area contributed by atoms with Gasteiger partial charge in [0.25, 0.3) is 11.6 Å². The molecule has 0 bridgehead atoms. The maximum absolute atomic E-state index is 12.0. The van der Waals surface area contributed by atoms with Gasteiger partial charge in [-0.1, -0.05) is 25.4 Å². The molecule has 1 aromatic rings. The number of aliphatic carboxylic acids is 1. The minimum Gasteiger partial charge on any atom is -0.480 e. The van der Waals surface area contributed by atoms with Crippen molar-refractivity contribution >= 4 is 29.2 Å². The van der Waals surface area contributed by atoms with E-state index in [2.05, 4.69) is 5.32 Å². The second kappa shape index (κ2) is 6.33. The molecular weight excluding hydrogens is 288 g/mol. The lowest BCUT2D eigenvalue weighted by Gasteiger charge is -2.17. The second-order valence-corrected chi connectivity index (χ2v) is 4.89. The van der Waals surface area contributed by atoms with Crippen LogP contribution in [0.4, 0.5) is 5.69 Å². The number of halogens is 1. The van der Waals surface area contributed by atoms with Crippen molar-refractivity contribution in [1.82, 2.24) is 5.32 Å². The molecule has 0 aliphatic heterocycles. The SMILES string of the molecule is CC(C)C(NC(=O)c1ccc(Cl)cc1[N+](=O)[O-])C(=O)O. The minimum absolute atomic E-state index is 0.117. The summed E-state index contributed by atoms with van der Waals surface area (Å²) in [6.07, 6.45) is 0. The number of hydrogen-bond acceptors (Lipinski definition) is 4. The molecule has 0 spiro atoms. The lowest BCUT2D eigenvalue weighted by Crippen LogP contribution is -2.44. The van der Waals surface area contributed by atoms with E-state index in [1.165, 1.54) is 12.1 Å². The van der Waals surface area contributed by atoms with Gasteiger partial charge in [-0.15, -0.1) is 0 Å². The molecule has 0 fully saturated rings. The topological polar surface area (TPSA) is 110 Å². The predicted molar refractivity (Wildman–Crippen MR) is 71.8 cm³/mol. The Balaban J connectivity index is 3.09. The number of nitro benzene ring substituents is 1. The maximum Gasteiger partial charge on any atom is 0.326 e. The van der Waals surface area contributed by atoms with Gasteiger partial charge in [0.2, 0.25) is 0 Å². The summed E-state index contributed by atoms with van der Waals surface area (Å²) in [5, 5.41) is 22.3. The number of nitrogens with one attached hydrogen (secondary N) is 1. The summed E-state index contributed by atoms with van der Waals surface area (Å²) in [6, 6.07) is 2.43. The number of carboxylic acids is 1. The van der Waals surface area contributed by atoms with Crippen LogP contribution in [-0.2, 0) is 4.79 Å². The van der Waals surface area contributed by atoms with Crippen LogP contribution in [-0.4, -0.2) is 27.9 Å². The van der Waals surface area contributed by atoms with Gasteiger partial charge in [0.05, 0.1) is 4.92 Å². The molecule has 0 saturated heterocycles. The Morgan fingerprint density at radius 1 is 1.40 bits per heavy atom. The fourth-order valence-corrected chi connectivity index (χ4v) is 1.75. The Morgan fingerprint density at radius 2 is 2.00 bits per heavy atom. The number of amides is 1. The molecule has 1 aromatic carbocycles. The molecule has 2 N–H and O–H groups in total. The van der Waals surface area contributed by atoms with Crippen LogP contribution < -0.4 is 5.32 Å². The Morgan fingerprint density at radius 3 is 2.45 bits per heavy atom. The Bertz CT molecular complexity index is 559. The van der Waals surface area contributed by atoms with Gasteiger partial charge in [-0.05, 0) is 18.1 Å². The molecule has 0 aliphatic carbocycles. The number of nitrogens with zero attached hydrogens (tertiary/aromatic N) is 1. The predicted octanol–water partition coefficient (Wildman–Crippen LogP) is 2.09. The van der Waals surface area contributed by atoms with E-state index in [4.69, 9.17) is 16.7 Å². The van der Waals surface area contributed by atoms with Crippen LogP contribution in [0.1, 0.15) is 24.2 Å². The normalized spacial score (nSPS) is 12.0. The quantitative estimate of drug-likeness (QED) is 0.639. The molecule has 7 nitrogen and oxygen atoms in total. The van der Waals surface area contributed by atoms with Gasteiger partial charge in [-0.25, -0.2) is 4.79 Å². The van der Waals surface area contributed by atoms with Crippen molar-refractivity contribution in [3.63, 3.8) is 0 Å². The van der Waals surface area contributed by atoms with Crippen LogP contribution in [0.2, 0.25) is 5.02 Å². The number of carbonyl (C=O) groups is 2. The number of carbonyl (C=O) groups excluding carboxylic acids is 1. The van der Waals surface area contributed by atoms with Crippen molar-refractivity contribution in [3.8, 4) is 0 Å². The molecule has 1 rings (SSSR count). The molecule has 0 aliphatic rings. The summed E-state index contributed by atoms with van der Waals surface area (Å²) in [7, 11) is 0. The smallest absolute Gasteiger partial charge is 0.326 e. The molecule has 1 amide bonds. The van der Waals surface area contributed by atoms with E-state index in [0.717, 1.165) is 6.07 Å². The van der Waals surface area contributed by atoms with Crippen LogP contribution in [0.25, 0.3) is 0 Å². The zero-order valence-corrected chi connectivity index (χ0v) is 11.5. The zero-order valence-electron chi connectivity index (χ0n) is 10.8. The fraction of sp³-hybridized carbons (Fsp3) is 0.333. The number of nitro groups is 1. The highest BCUT2D eigenvalue weighted by atomic mass is 35.5. The van der Waals surface area contributed by atoms with E-state index in [-0.39, 0.29) is 16.5 Å². The average Bonchev–Trinajstić information content (AvgIpc) is 2.34. The van der Waals surface area contributed by atoms with Gasteiger partial charge < -0.3 is 10.4 Å². The van der Waals surface area contributed by atoms with Gasteiger partial charge in [0.15, 0.2) is 0 Å². The number of rotatable bonds is 5. The lowest BCUT2D eigenvalue weighted by molar-refractivity contribution is -0.385. The summed E-state index contributed by atoms with van der Waals surface area (Å²) in [4.78, 5) is 33.1. The van der Waals surface area contributed by atoms with Crippen molar-refractivity contribution < 1.29 is 19.6 Å². The van der Waals surface area contributed by atoms with Crippen LogP contribution in [0.15, 0.2) is 18.2 Å². The van der Waals surface area contributed by atoms with Crippen molar-refractivity contribution in [1.29, 1.82) is 0 Å². The first-order valence-electron chi connectivity index (χ1n) is 5.71. The standard InChI is InChI=1S/C12H13ClN2O5/c1-6(2)10(12(17)18)14-11(16)8-4-3-7(13)5-9(8)15(19)20/h3-6,10H,1-2H3,(H,14,16)(H,17,18). The van der Waals surface area contributed by atoms with Crippen molar-refractivity contribution in [2.75, 3.05) is 0 Å². The van der Waals surface area contributed by atoms with Crippen molar-refractivity contribution in [2.24, 2.45) is 5.92 Å². The summed E-state index contributed by atoms with van der Waals surface area (Å²) in [6.45, 7) is 3.24. The van der Waals surface area contributed by atoms with E-state index in [0.29, 0.717) is 0 Å². The number of hydrogen-bond donors (Lipinski definition) is 2. The Labute approximate surface area is 119 Å². The highest BCUT2D eigenvalue weighted by molar-refractivity contribution is 6.31. The average molecular weight is 301 g/mol. The molecule has 0 radical (unpaired) electrons. The molecule has 108 valence electrons. The highest BCUT2D eigenvalue weighted by Gasteiger charge is 2.27. The lowest BCUT2D eigenvalue weighted by atomic mass is 10.0. The van der Waals surface area contributed by atoms with Crippen molar-refractivity contribution in [3.05, 3.63) is 38.9 Å². The van der Waals surface area contributed by atoms with Crippen molar-refractivity contribution in [2.45, 2.75) is 19.9 Å². The number of carboxylic acid groups (broad SMARTS) is 1. The molecule has 1 atom stereocenters. The molecule has 0 saturated carbocycles. The summed E-state index contributed by atoms with van der Waals surface area (Å²) < 4.78 is 0. The second-order valence-electron chi connectivity index (χ2n) is 4.45. The third-order valence-corrected chi connectivity index (χ3v) is 2.86. The molecule has 20 heavy (non-hydrogen) atoms. The minimum atomic E-state index is -1.20. The summed E-state index contributed by atoms with van der Waals surface area (Å²) in [5.74, 6) is -2.39. The van der Waals surface area contributed by atoms with Gasteiger partial charge in [-0.3, -0.25) is 14.9 Å². The zero-order chi connectivity index (χ0) is 15.4. The summed E-state index contributed by atoms with van der Waals surface area (Å²) >= 11 is 5.64. The first kappa shape index (κ1) is 15.9. The third-order valence-electron chi connectivity index (χ3n) is 2.62. The van der Waals surface area contributed by atoms with Crippen LogP contribution >= 0.6 is 11.6 Å². The van der Waals surface area contributed by atoms with Crippen LogP contribution in [0.5, 0.6) is 0 Å². The summed E-state index contributed by atoms with van der Waals surface area (Å²) in [5.41, 5.74) is -0.700. The van der Waals surface area contributed by atoms with Gasteiger partial charge >= 0.3 is 5.97 Å². The largest absolute Gasteiger partial charge is 0.480 e. The van der Waals surface area contributed by atoms with Crippen LogP contribution in [0, 0.1) is 16.0 Å². The first-order chi connectivity index (χ1) is 9.23. The Kier molecular flexibility index (Phi) is 5.04. The Hall–Kier alpha value is -2.15. The molecular formula is C12H13ClN2O5. The van der Waals surface area contributed by atoms with Crippen LogP contribution in [0.3, 0.4) is 0 Å². The van der Waals surface area contributed by atoms with Gasteiger partial charge in [0, 0.05) is 11.1 Å². The maximum atomic E-state index is 12.0. The molecule has 1 unspecified atom stereocenters. The van der Waals surface area contributed by atoms with E-state index >= 15 is 0 Å². The van der Waals surface area contributed by atoms with Gasteiger partial charge in [0.1, 0.15) is 11.6 Å². The third kappa shape index (κ3) is 3.67. The van der Waals surface area contributed by atoms with E-state index in [9.17, 15) is 19.7 Å². The van der Waals surface area contributed by atoms with E-state index < -0.39 is 28.5 Å². The molecule has 0 aromatic heterocycles. The van der Waals surface area contributed by atoms with E-state index in [1.54, 1.807) is 13.8 Å². The fourth-order valence-electron chi connectivity index (χ4n) is 1.58. The number of benzene rings is 1. The van der Waals surface area contributed by atoms with E-state index in [1.807, 2.05) is 0 Å².